The van der Waals surface area contributed by atoms with Crippen molar-refractivity contribution in [2.24, 2.45) is 0 Å². The smallest absolute Gasteiger partial charge is 0.164 e. The van der Waals surface area contributed by atoms with E-state index in [0.29, 0.717) is 46.6 Å². The van der Waals surface area contributed by atoms with Crippen molar-refractivity contribution < 1.29 is 0 Å². The number of hydrogen-bond acceptors (Lipinski definition) is 14. The summed E-state index contributed by atoms with van der Waals surface area (Å²) in [5, 5.41) is 3.73. The van der Waals surface area contributed by atoms with Gasteiger partial charge in [-0.1, -0.05) is 261 Å². The van der Waals surface area contributed by atoms with Crippen molar-refractivity contribution in [2.75, 3.05) is 0 Å². The van der Waals surface area contributed by atoms with Crippen molar-refractivity contribution in [1.82, 2.24) is 69.8 Å². The van der Waals surface area contributed by atoms with Crippen LogP contribution in [0.1, 0.15) is 0 Å². The molecule has 112 heavy (non-hydrogen) atoms. The minimum atomic E-state index is 0.500. The highest BCUT2D eigenvalue weighted by Crippen LogP contribution is 2.40. The molecule has 0 aliphatic carbocycles. The lowest BCUT2D eigenvalue weighted by Gasteiger charge is -2.13. The Morgan fingerprint density at radius 1 is 0.143 bits per heavy atom. The third kappa shape index (κ3) is 12.9. The van der Waals surface area contributed by atoms with Crippen LogP contribution in [0.2, 0.25) is 0 Å². The van der Waals surface area contributed by atoms with Crippen LogP contribution in [0.4, 0.5) is 0 Å². The lowest BCUT2D eigenvalue weighted by atomic mass is 9.97. The number of rotatable bonds is 15. The summed E-state index contributed by atoms with van der Waals surface area (Å²) < 4.78 is 0. The Balaban J connectivity index is 0.638. The van der Waals surface area contributed by atoms with Gasteiger partial charge in [-0.3, -0.25) is 19.9 Å². The number of aromatic nitrogens is 14. The van der Waals surface area contributed by atoms with Crippen molar-refractivity contribution in [3.63, 3.8) is 0 Å². The van der Waals surface area contributed by atoms with Gasteiger partial charge in [0.2, 0.25) is 0 Å². The topological polar surface area (TPSA) is 180 Å². The first-order valence-electron chi connectivity index (χ1n) is 36.9. The van der Waals surface area contributed by atoms with Gasteiger partial charge in [0.1, 0.15) is 0 Å². The minimum absolute atomic E-state index is 0.500. The molecule has 0 saturated carbocycles. The summed E-state index contributed by atoms with van der Waals surface area (Å²) in [5.41, 5.74) is 23.0. The van der Waals surface area contributed by atoms with Gasteiger partial charge < -0.3 is 0 Å². The maximum Gasteiger partial charge on any atom is 0.164 e. The zero-order chi connectivity index (χ0) is 74.3. The fourth-order valence-corrected chi connectivity index (χ4v) is 14.6. The largest absolute Gasteiger partial charge is 0.254 e. The Bertz CT molecular complexity index is 6950. The van der Waals surface area contributed by atoms with E-state index in [9.17, 15) is 0 Å². The molecule has 0 spiro atoms. The van der Waals surface area contributed by atoms with E-state index in [0.717, 1.165) is 167 Å². The summed E-state index contributed by atoms with van der Waals surface area (Å²) in [6, 6.07) is 115. The Hall–Kier alpha value is -15.5. The molecule has 0 bridgehead atoms. The highest BCUT2D eigenvalue weighted by molar-refractivity contribution is 6.11. The molecular weight excluding hydrogens is 1370 g/mol. The predicted octanol–water partition coefficient (Wildman–Crippen LogP) is 22.8. The maximum absolute atomic E-state index is 5.36. The standard InChI is InChI=1S/C98H60N14/c1-5-22-62(23-6-1)83-59-84(104-91(103-83)63-24-7-2-8-25-63)72-35-13-31-68(52-72)71-34-17-39-78(56-71)97-110-96(111-98(112-97)82-58-75-41-19-49-100-88(75)90-80(82)43-21-51-102-90)76-37-15-30-67(54-76)61-44-46-66(47-45-61)94-107-93(65-28-11-4-12-29-65)108-95(109-94)77-38-16-33-70(55-77)69-32-14-36-73(53-69)85-60-86(106-92(105-85)64-26-9-3-10-27-64)81-57-74-40-18-48-99-87(74)89-79(81)42-20-50-101-89/h1-60H. The summed E-state index contributed by atoms with van der Waals surface area (Å²) in [6.45, 7) is 0. The Kier molecular flexibility index (Phi) is 16.9. The predicted molar refractivity (Wildman–Crippen MR) is 447 cm³/mol. The van der Waals surface area contributed by atoms with Gasteiger partial charge in [-0.05, 0) is 112 Å². The monoisotopic (exact) mass is 1430 g/mol. The molecule has 8 aromatic heterocycles. The second-order valence-electron chi connectivity index (χ2n) is 27.3. The van der Waals surface area contributed by atoms with Crippen molar-refractivity contribution in [2.45, 2.75) is 0 Å². The second-order valence-corrected chi connectivity index (χ2v) is 27.3. The third-order valence-corrected chi connectivity index (χ3v) is 20.1. The molecule has 0 N–H and O–H groups in total. The summed E-state index contributed by atoms with van der Waals surface area (Å²) in [5.74, 6) is 4.41. The molecule has 0 amide bonds. The summed E-state index contributed by atoms with van der Waals surface area (Å²) >= 11 is 0. The van der Waals surface area contributed by atoms with Crippen LogP contribution in [0, 0.1) is 0 Å². The number of pyridine rings is 4. The molecule has 12 aromatic carbocycles. The van der Waals surface area contributed by atoms with Gasteiger partial charge in [0.05, 0.1) is 44.8 Å². The normalized spacial score (nSPS) is 11.4. The van der Waals surface area contributed by atoms with Crippen molar-refractivity contribution in [1.29, 1.82) is 0 Å². The molecule has 522 valence electrons. The summed E-state index contributed by atoms with van der Waals surface area (Å²) in [7, 11) is 0. The third-order valence-electron chi connectivity index (χ3n) is 20.1. The van der Waals surface area contributed by atoms with E-state index in [1.807, 2.05) is 158 Å². The summed E-state index contributed by atoms with van der Waals surface area (Å²) in [4.78, 5) is 71.6. The fraction of sp³-hybridized carbons (Fsp3) is 0. The number of nitrogens with zero attached hydrogens (tertiary/aromatic N) is 14. The highest BCUT2D eigenvalue weighted by Gasteiger charge is 2.22. The van der Waals surface area contributed by atoms with Crippen molar-refractivity contribution >= 4 is 43.6 Å². The average molecular weight is 1430 g/mol. The lowest BCUT2D eigenvalue weighted by molar-refractivity contribution is 1.07. The van der Waals surface area contributed by atoms with Crippen molar-refractivity contribution in [3.05, 3.63) is 365 Å². The lowest BCUT2D eigenvalue weighted by Crippen LogP contribution is -2.01. The zero-order valence-electron chi connectivity index (χ0n) is 59.9. The fourth-order valence-electron chi connectivity index (χ4n) is 14.6. The second kappa shape index (κ2) is 28.6. The molecule has 14 heteroatoms. The number of fused-ring (bicyclic) bond motifs is 6. The molecule has 20 aromatic rings. The van der Waals surface area contributed by atoms with E-state index < -0.39 is 0 Å². The average Bonchev–Trinajstić information content (AvgIpc) is 0.758. The van der Waals surface area contributed by atoms with E-state index in [1.54, 1.807) is 12.4 Å². The van der Waals surface area contributed by atoms with E-state index >= 15 is 0 Å². The Morgan fingerprint density at radius 3 is 0.857 bits per heavy atom. The molecule has 0 saturated heterocycles. The molecule has 8 heterocycles. The number of hydrogen-bond donors (Lipinski definition) is 0. The van der Waals surface area contributed by atoms with Crippen LogP contribution in [0.5, 0.6) is 0 Å². The van der Waals surface area contributed by atoms with Gasteiger partial charge in [0.25, 0.3) is 0 Å². The minimum Gasteiger partial charge on any atom is -0.254 e. The van der Waals surface area contributed by atoms with Crippen molar-refractivity contribution in [3.8, 4) is 170 Å². The molecule has 0 unspecified atom stereocenters. The molecular formula is C98H60N14. The van der Waals surface area contributed by atoms with Gasteiger partial charge >= 0.3 is 0 Å². The van der Waals surface area contributed by atoms with E-state index in [1.165, 1.54) is 0 Å². The molecule has 0 radical (unpaired) electrons. The maximum atomic E-state index is 5.36. The van der Waals surface area contributed by atoms with E-state index in [4.69, 9.17) is 69.8 Å². The van der Waals surface area contributed by atoms with Crippen LogP contribution in [0.3, 0.4) is 0 Å². The first kappa shape index (κ1) is 65.9. The first-order chi connectivity index (χ1) is 55.4. The number of benzene rings is 12. The SMILES string of the molecule is c1ccc(-c2cc(-c3cccc(-c4cccc(-c5nc(-c6cccc(-c7ccc(-c8nc(-c9ccccc9)nc(-c9cccc(-c%10cccc(-c%11cc(-c%12cc%13cccnc%13c%13ncccc%12%13)nc(-c%12ccccc%12)n%11)c%10)c9)n8)cc7)c6)nc(-c6cc7cccnc7c7ncccc67)n5)c4)c3)nc(-c3ccccc3)n2)cc1. The Morgan fingerprint density at radius 2 is 0.420 bits per heavy atom. The molecule has 0 fully saturated rings. The van der Waals surface area contributed by atoms with Crippen LogP contribution in [0.15, 0.2) is 365 Å². The quantitative estimate of drug-likeness (QED) is 0.0884. The van der Waals surface area contributed by atoms with Crippen LogP contribution in [-0.2, 0) is 0 Å². The van der Waals surface area contributed by atoms with E-state index in [-0.39, 0.29) is 0 Å². The molecule has 0 aliphatic rings. The first-order valence-corrected chi connectivity index (χ1v) is 36.9. The van der Waals surface area contributed by atoms with Crippen LogP contribution >= 0.6 is 0 Å². The Labute approximate surface area is 643 Å². The zero-order valence-corrected chi connectivity index (χ0v) is 59.9. The van der Waals surface area contributed by atoms with Crippen LogP contribution in [-0.4, -0.2) is 69.8 Å². The van der Waals surface area contributed by atoms with Gasteiger partial charge in [-0.2, -0.15) is 0 Å². The van der Waals surface area contributed by atoms with Crippen LogP contribution in [0.25, 0.3) is 213 Å². The van der Waals surface area contributed by atoms with E-state index in [2.05, 4.69) is 194 Å². The molecule has 0 atom stereocenters. The molecule has 14 nitrogen and oxygen atoms in total. The summed E-state index contributed by atoms with van der Waals surface area (Å²) in [6.07, 6.45) is 7.22. The van der Waals surface area contributed by atoms with Crippen LogP contribution < -0.4 is 0 Å². The molecule has 0 aliphatic heterocycles. The van der Waals surface area contributed by atoms with Gasteiger partial charge in [-0.25, -0.2) is 49.8 Å². The van der Waals surface area contributed by atoms with Gasteiger partial charge in [0, 0.05) is 113 Å². The van der Waals surface area contributed by atoms with Gasteiger partial charge in [0.15, 0.2) is 46.6 Å². The molecule has 20 rings (SSSR count). The highest BCUT2D eigenvalue weighted by atomic mass is 15.0. The van der Waals surface area contributed by atoms with Gasteiger partial charge in [-0.15, -0.1) is 0 Å².